The van der Waals surface area contributed by atoms with E-state index in [0.29, 0.717) is 6.42 Å². The Bertz CT molecular complexity index is 1030. The Balaban J connectivity index is 1.57. The van der Waals surface area contributed by atoms with E-state index in [1.54, 1.807) is 7.11 Å². The number of aromatic nitrogens is 1. The Kier molecular flexibility index (Phi) is 5.25. The molecule has 1 heterocycles. The van der Waals surface area contributed by atoms with E-state index in [-0.39, 0.29) is 18.2 Å². The summed E-state index contributed by atoms with van der Waals surface area (Å²) in [5.74, 6) is -0.327. The SMILES string of the molecule is COc1ccc(-c2[nH]c3ccccc3c2CCC(=O)NC(C(=O)O)C2CC2)cc1. The van der Waals surface area contributed by atoms with Crippen molar-refractivity contribution in [1.29, 1.82) is 0 Å². The van der Waals surface area contributed by atoms with Crippen LogP contribution in [0.5, 0.6) is 5.75 Å². The zero-order valence-corrected chi connectivity index (χ0v) is 16.3. The molecule has 150 valence electrons. The molecule has 0 saturated heterocycles. The molecular formula is C23H24N2O4. The fraction of sp³-hybridized carbons (Fsp3) is 0.304. The molecule has 1 saturated carbocycles. The normalized spacial score (nSPS) is 14.5. The highest BCUT2D eigenvalue weighted by Crippen LogP contribution is 2.34. The number of carbonyl (C=O) groups is 2. The van der Waals surface area contributed by atoms with Crippen LogP contribution in [-0.2, 0) is 16.0 Å². The molecule has 1 atom stereocenters. The highest BCUT2D eigenvalue weighted by molar-refractivity contribution is 5.92. The zero-order valence-electron chi connectivity index (χ0n) is 16.3. The molecule has 0 bridgehead atoms. The van der Waals surface area contributed by atoms with Crippen molar-refractivity contribution in [2.24, 2.45) is 5.92 Å². The summed E-state index contributed by atoms with van der Waals surface area (Å²) in [6, 6.07) is 15.0. The highest BCUT2D eigenvalue weighted by atomic mass is 16.5. The van der Waals surface area contributed by atoms with E-state index < -0.39 is 12.0 Å². The smallest absolute Gasteiger partial charge is 0.326 e. The molecule has 1 unspecified atom stereocenters. The van der Waals surface area contributed by atoms with Crippen LogP contribution >= 0.6 is 0 Å². The zero-order chi connectivity index (χ0) is 20.4. The highest BCUT2D eigenvalue weighted by Gasteiger charge is 2.37. The molecule has 1 amide bonds. The van der Waals surface area contributed by atoms with Gasteiger partial charge in [-0.3, -0.25) is 4.79 Å². The van der Waals surface area contributed by atoms with Crippen molar-refractivity contribution in [1.82, 2.24) is 10.3 Å². The number of ether oxygens (including phenoxy) is 1. The van der Waals surface area contributed by atoms with Gasteiger partial charge in [-0.25, -0.2) is 4.79 Å². The minimum atomic E-state index is -0.952. The van der Waals surface area contributed by atoms with Crippen LogP contribution in [0.4, 0.5) is 0 Å². The van der Waals surface area contributed by atoms with Crippen molar-refractivity contribution in [2.45, 2.75) is 31.7 Å². The lowest BCUT2D eigenvalue weighted by Crippen LogP contribution is -2.42. The quantitative estimate of drug-likeness (QED) is 0.544. The predicted molar refractivity (Wildman–Crippen MR) is 111 cm³/mol. The molecule has 3 N–H and O–H groups in total. The molecule has 0 radical (unpaired) electrons. The molecule has 0 aliphatic heterocycles. The number of fused-ring (bicyclic) bond motifs is 1. The number of rotatable bonds is 8. The first-order chi connectivity index (χ1) is 14.1. The number of aromatic amines is 1. The largest absolute Gasteiger partial charge is 0.497 e. The number of H-pyrrole nitrogens is 1. The van der Waals surface area contributed by atoms with Gasteiger partial charge in [-0.15, -0.1) is 0 Å². The van der Waals surface area contributed by atoms with Crippen LogP contribution in [-0.4, -0.2) is 35.1 Å². The van der Waals surface area contributed by atoms with Crippen molar-refractivity contribution >= 4 is 22.8 Å². The number of carboxylic acids is 1. The number of methoxy groups -OCH3 is 1. The van der Waals surface area contributed by atoms with Crippen molar-refractivity contribution in [3.63, 3.8) is 0 Å². The van der Waals surface area contributed by atoms with Crippen molar-refractivity contribution in [2.75, 3.05) is 7.11 Å². The van der Waals surface area contributed by atoms with Crippen molar-refractivity contribution < 1.29 is 19.4 Å². The summed E-state index contributed by atoms with van der Waals surface area (Å²) in [5.41, 5.74) is 4.05. The molecule has 2 aromatic carbocycles. The number of hydrogen-bond acceptors (Lipinski definition) is 3. The van der Waals surface area contributed by atoms with Crippen LogP contribution in [0, 0.1) is 5.92 Å². The van der Waals surface area contributed by atoms with E-state index in [4.69, 9.17) is 4.74 Å². The van der Waals surface area contributed by atoms with Gasteiger partial charge in [0.1, 0.15) is 11.8 Å². The van der Waals surface area contributed by atoms with Crippen LogP contribution < -0.4 is 10.1 Å². The van der Waals surface area contributed by atoms with Gasteiger partial charge in [-0.1, -0.05) is 18.2 Å². The van der Waals surface area contributed by atoms with E-state index >= 15 is 0 Å². The average Bonchev–Trinajstić information content (AvgIpc) is 3.50. The summed E-state index contributed by atoms with van der Waals surface area (Å²) < 4.78 is 5.24. The molecular weight excluding hydrogens is 368 g/mol. The second kappa shape index (κ2) is 7.99. The number of hydrogen-bond donors (Lipinski definition) is 3. The van der Waals surface area contributed by atoms with Crippen LogP contribution in [0.1, 0.15) is 24.8 Å². The van der Waals surface area contributed by atoms with Crippen LogP contribution in [0.2, 0.25) is 0 Å². The molecule has 29 heavy (non-hydrogen) atoms. The summed E-state index contributed by atoms with van der Waals surface area (Å²) in [6.07, 6.45) is 2.48. The van der Waals surface area contributed by atoms with Crippen molar-refractivity contribution in [3.05, 3.63) is 54.1 Å². The standard InChI is InChI=1S/C23H24N2O4/c1-29-16-10-8-14(9-11-16)21-18(17-4-2-3-5-19(17)24-21)12-13-20(26)25-22(23(27)28)15-6-7-15/h2-5,8-11,15,22,24H,6-7,12-13H2,1H3,(H,25,26)(H,27,28). The molecule has 3 aromatic rings. The molecule has 1 aliphatic carbocycles. The number of carboxylic acid groups (broad SMARTS) is 1. The lowest BCUT2D eigenvalue weighted by atomic mass is 10.0. The third-order valence-corrected chi connectivity index (χ3v) is 5.47. The average molecular weight is 392 g/mol. The van der Waals surface area contributed by atoms with Gasteiger partial charge in [0.2, 0.25) is 5.91 Å². The van der Waals surface area contributed by atoms with Gasteiger partial charge in [-0.2, -0.15) is 0 Å². The van der Waals surface area contributed by atoms with Gasteiger partial charge < -0.3 is 20.1 Å². The molecule has 0 spiro atoms. The molecule has 6 heteroatoms. The Labute approximate surface area is 168 Å². The van der Waals surface area contributed by atoms with Gasteiger partial charge >= 0.3 is 5.97 Å². The lowest BCUT2D eigenvalue weighted by Gasteiger charge is -2.13. The number of aryl methyl sites for hydroxylation is 1. The minimum Gasteiger partial charge on any atom is -0.497 e. The van der Waals surface area contributed by atoms with Gasteiger partial charge in [0, 0.05) is 23.0 Å². The number of carbonyl (C=O) groups excluding carboxylic acids is 1. The summed E-state index contributed by atoms with van der Waals surface area (Å²) in [4.78, 5) is 27.3. The van der Waals surface area contributed by atoms with Gasteiger partial charge in [-0.05, 0) is 66.6 Å². The number of benzene rings is 2. The first-order valence-corrected chi connectivity index (χ1v) is 9.83. The van der Waals surface area contributed by atoms with Gasteiger partial charge in [0.25, 0.3) is 0 Å². The molecule has 1 fully saturated rings. The third kappa shape index (κ3) is 4.11. The first kappa shape index (κ1) is 19.1. The fourth-order valence-corrected chi connectivity index (χ4v) is 3.76. The van der Waals surface area contributed by atoms with Crippen LogP contribution in [0.25, 0.3) is 22.2 Å². The van der Waals surface area contributed by atoms with Gasteiger partial charge in [0.05, 0.1) is 7.11 Å². The summed E-state index contributed by atoms with van der Waals surface area (Å²) in [5, 5.41) is 13.1. The van der Waals surface area contributed by atoms with Crippen LogP contribution in [0.15, 0.2) is 48.5 Å². The summed E-state index contributed by atoms with van der Waals surface area (Å²) in [7, 11) is 1.63. The van der Waals surface area contributed by atoms with E-state index in [1.807, 2.05) is 48.5 Å². The molecule has 4 rings (SSSR count). The number of amides is 1. The fourth-order valence-electron chi connectivity index (χ4n) is 3.76. The monoisotopic (exact) mass is 392 g/mol. The maximum absolute atomic E-state index is 12.5. The first-order valence-electron chi connectivity index (χ1n) is 9.83. The maximum atomic E-state index is 12.5. The maximum Gasteiger partial charge on any atom is 0.326 e. The topological polar surface area (TPSA) is 91.4 Å². The van der Waals surface area contributed by atoms with Crippen LogP contribution in [0.3, 0.4) is 0 Å². The molecule has 1 aromatic heterocycles. The lowest BCUT2D eigenvalue weighted by molar-refractivity contribution is -0.142. The second-order valence-electron chi connectivity index (χ2n) is 7.47. The minimum absolute atomic E-state index is 0.0689. The van der Waals surface area contributed by atoms with E-state index in [9.17, 15) is 14.7 Å². The number of para-hydroxylation sites is 1. The Morgan fingerprint density at radius 1 is 1.17 bits per heavy atom. The third-order valence-electron chi connectivity index (χ3n) is 5.47. The Morgan fingerprint density at radius 3 is 2.55 bits per heavy atom. The summed E-state index contributed by atoms with van der Waals surface area (Å²) in [6.45, 7) is 0. The van der Waals surface area contributed by atoms with E-state index in [0.717, 1.165) is 46.3 Å². The van der Waals surface area contributed by atoms with Crippen molar-refractivity contribution in [3.8, 4) is 17.0 Å². The molecule has 1 aliphatic rings. The Morgan fingerprint density at radius 2 is 1.90 bits per heavy atom. The Hall–Kier alpha value is -3.28. The van der Waals surface area contributed by atoms with E-state index in [1.165, 1.54) is 0 Å². The second-order valence-corrected chi connectivity index (χ2v) is 7.47. The molecule has 6 nitrogen and oxygen atoms in total. The predicted octanol–water partition coefficient (Wildman–Crippen LogP) is 3.76. The summed E-state index contributed by atoms with van der Waals surface area (Å²) >= 11 is 0. The van der Waals surface area contributed by atoms with E-state index in [2.05, 4.69) is 10.3 Å². The number of nitrogens with one attached hydrogen (secondary N) is 2. The van der Waals surface area contributed by atoms with Gasteiger partial charge in [0.15, 0.2) is 0 Å². The number of aliphatic carboxylic acids is 1.